The van der Waals surface area contributed by atoms with Crippen LogP contribution in [0.5, 0.6) is 11.5 Å². The minimum absolute atomic E-state index is 0.175. The topological polar surface area (TPSA) is 42.0 Å². The third kappa shape index (κ3) is 2.78. The van der Waals surface area contributed by atoms with Gasteiger partial charge in [-0.1, -0.05) is 13.0 Å². The molecule has 4 heterocycles. The zero-order chi connectivity index (χ0) is 15.8. The standard InChI is InChI=1S/C18H24N2O3/c1-2-7-20-15-5-4-14(18(20)21)10-19(11-15)9-13-3-6-16-17(8-13)23-12-22-16/h3,6,8,14-15H,2,4-5,7,9-12H2,1H3/t14-,15+/m0/s1. The van der Waals surface area contributed by atoms with E-state index in [0.717, 1.165) is 56.9 Å². The van der Waals surface area contributed by atoms with Crippen LogP contribution in [0.2, 0.25) is 0 Å². The number of ether oxygens (including phenoxy) is 2. The van der Waals surface area contributed by atoms with E-state index in [1.807, 2.05) is 6.07 Å². The Kier molecular flexibility index (Phi) is 3.89. The van der Waals surface area contributed by atoms with Gasteiger partial charge in [-0.15, -0.1) is 0 Å². The van der Waals surface area contributed by atoms with Crippen LogP contribution in [0.3, 0.4) is 0 Å². The van der Waals surface area contributed by atoms with Crippen molar-refractivity contribution < 1.29 is 14.3 Å². The molecule has 5 rings (SSSR count). The van der Waals surface area contributed by atoms with Crippen LogP contribution in [0.15, 0.2) is 18.2 Å². The average molecular weight is 316 g/mol. The predicted octanol–water partition coefficient (Wildman–Crippen LogP) is 2.25. The first-order valence-electron chi connectivity index (χ1n) is 8.66. The summed E-state index contributed by atoms with van der Waals surface area (Å²) in [5.41, 5.74) is 1.23. The fraction of sp³-hybridized carbons (Fsp3) is 0.611. The van der Waals surface area contributed by atoms with Crippen molar-refractivity contribution in [1.29, 1.82) is 0 Å². The molecule has 124 valence electrons. The second kappa shape index (κ2) is 6.04. The summed E-state index contributed by atoms with van der Waals surface area (Å²) >= 11 is 0. The highest BCUT2D eigenvalue weighted by molar-refractivity contribution is 5.80. The lowest BCUT2D eigenvalue weighted by Gasteiger charge is -2.35. The van der Waals surface area contributed by atoms with Gasteiger partial charge >= 0.3 is 0 Å². The van der Waals surface area contributed by atoms with Crippen LogP contribution in [0.25, 0.3) is 0 Å². The van der Waals surface area contributed by atoms with Gasteiger partial charge in [-0.3, -0.25) is 9.69 Å². The summed E-state index contributed by atoms with van der Waals surface area (Å²) in [6.07, 6.45) is 3.23. The second-order valence-electron chi connectivity index (χ2n) is 6.84. The van der Waals surface area contributed by atoms with Gasteiger partial charge in [0, 0.05) is 32.2 Å². The largest absolute Gasteiger partial charge is 0.454 e. The zero-order valence-electron chi connectivity index (χ0n) is 13.7. The van der Waals surface area contributed by atoms with Crippen molar-refractivity contribution in [2.45, 2.75) is 38.8 Å². The van der Waals surface area contributed by atoms with E-state index in [9.17, 15) is 4.79 Å². The molecule has 1 aromatic rings. The Morgan fingerprint density at radius 1 is 1.17 bits per heavy atom. The van der Waals surface area contributed by atoms with Crippen molar-refractivity contribution in [1.82, 2.24) is 9.80 Å². The molecule has 2 atom stereocenters. The van der Waals surface area contributed by atoms with E-state index in [2.05, 4.69) is 28.9 Å². The summed E-state index contributed by atoms with van der Waals surface area (Å²) in [6.45, 7) is 6.10. The Bertz CT molecular complexity index is 604. The highest BCUT2D eigenvalue weighted by Crippen LogP contribution is 2.34. The van der Waals surface area contributed by atoms with E-state index in [0.29, 0.717) is 18.7 Å². The Morgan fingerprint density at radius 2 is 2.04 bits per heavy atom. The smallest absolute Gasteiger partial charge is 0.231 e. The number of rotatable bonds is 4. The molecule has 4 aliphatic heterocycles. The normalized spacial score (nSPS) is 26.7. The number of hydrogen-bond donors (Lipinski definition) is 0. The molecule has 5 heteroatoms. The summed E-state index contributed by atoms with van der Waals surface area (Å²) < 4.78 is 10.8. The number of benzene rings is 1. The Morgan fingerprint density at radius 3 is 2.91 bits per heavy atom. The molecular formula is C18H24N2O3. The number of nitrogens with zero attached hydrogens (tertiary/aromatic N) is 2. The Balaban J connectivity index is 1.49. The van der Waals surface area contributed by atoms with Crippen LogP contribution in [-0.2, 0) is 11.3 Å². The van der Waals surface area contributed by atoms with E-state index >= 15 is 0 Å². The molecule has 4 aliphatic rings. The van der Waals surface area contributed by atoms with Crippen LogP contribution < -0.4 is 9.47 Å². The third-order valence-electron chi connectivity index (χ3n) is 5.18. The molecule has 0 unspecified atom stereocenters. The molecule has 0 radical (unpaired) electrons. The van der Waals surface area contributed by atoms with Gasteiger partial charge < -0.3 is 14.4 Å². The van der Waals surface area contributed by atoms with Crippen molar-refractivity contribution in [3.63, 3.8) is 0 Å². The summed E-state index contributed by atoms with van der Waals surface area (Å²) in [5.74, 6) is 2.21. The Hall–Kier alpha value is -1.75. The lowest BCUT2D eigenvalue weighted by Crippen LogP contribution is -2.48. The highest BCUT2D eigenvalue weighted by atomic mass is 16.7. The van der Waals surface area contributed by atoms with Gasteiger partial charge in [0.25, 0.3) is 0 Å². The number of hydrogen-bond acceptors (Lipinski definition) is 4. The van der Waals surface area contributed by atoms with Gasteiger partial charge in [0.2, 0.25) is 12.7 Å². The van der Waals surface area contributed by atoms with Gasteiger partial charge in [-0.25, -0.2) is 0 Å². The lowest BCUT2D eigenvalue weighted by molar-refractivity contribution is -0.139. The van der Waals surface area contributed by atoms with Gasteiger partial charge in [0.15, 0.2) is 11.5 Å². The predicted molar refractivity (Wildman–Crippen MR) is 86.4 cm³/mol. The zero-order valence-corrected chi connectivity index (χ0v) is 13.7. The minimum atomic E-state index is 0.175. The molecule has 5 nitrogen and oxygen atoms in total. The average Bonchev–Trinajstić information content (AvgIpc) is 2.86. The summed E-state index contributed by atoms with van der Waals surface area (Å²) in [4.78, 5) is 17.2. The lowest BCUT2D eigenvalue weighted by atomic mass is 9.94. The molecule has 0 N–H and O–H groups in total. The fourth-order valence-corrected chi connectivity index (χ4v) is 4.09. The quantitative estimate of drug-likeness (QED) is 0.854. The van der Waals surface area contributed by atoms with Crippen LogP contribution in [0, 0.1) is 5.92 Å². The summed E-state index contributed by atoms with van der Waals surface area (Å²) in [7, 11) is 0. The first-order valence-corrected chi connectivity index (χ1v) is 8.66. The fourth-order valence-electron chi connectivity index (χ4n) is 4.09. The molecule has 1 amide bonds. The van der Waals surface area contributed by atoms with Crippen molar-refractivity contribution in [3.8, 4) is 11.5 Å². The molecule has 23 heavy (non-hydrogen) atoms. The van der Waals surface area contributed by atoms with Gasteiger partial charge in [0.05, 0.1) is 5.92 Å². The Labute approximate surface area is 137 Å². The molecular weight excluding hydrogens is 292 g/mol. The van der Waals surface area contributed by atoms with E-state index < -0.39 is 0 Å². The maximum Gasteiger partial charge on any atom is 0.231 e. The third-order valence-corrected chi connectivity index (χ3v) is 5.18. The number of carbonyl (C=O) groups excluding carboxylic acids is 1. The summed E-state index contributed by atoms with van der Waals surface area (Å²) in [6, 6.07) is 6.54. The molecule has 0 saturated carbocycles. The number of amides is 1. The van der Waals surface area contributed by atoms with Gasteiger partial charge in [0.1, 0.15) is 0 Å². The molecule has 1 aromatic carbocycles. The van der Waals surface area contributed by atoms with Crippen LogP contribution in [-0.4, -0.2) is 48.2 Å². The number of piperidine rings is 1. The van der Waals surface area contributed by atoms with Gasteiger partial charge in [-0.2, -0.15) is 0 Å². The van der Waals surface area contributed by atoms with E-state index in [1.54, 1.807) is 0 Å². The van der Waals surface area contributed by atoms with Gasteiger partial charge in [-0.05, 0) is 37.0 Å². The SMILES string of the molecule is CCCN1C(=O)[C@H]2CC[C@@H]1CN(Cc1ccc3c(c1)OCO3)C2. The first-order chi connectivity index (χ1) is 11.2. The van der Waals surface area contributed by atoms with Crippen LogP contribution >= 0.6 is 0 Å². The highest BCUT2D eigenvalue weighted by Gasteiger charge is 2.40. The molecule has 0 spiro atoms. The maximum atomic E-state index is 12.6. The first kappa shape index (κ1) is 14.8. The van der Waals surface area contributed by atoms with Crippen molar-refractivity contribution >= 4 is 5.91 Å². The second-order valence-corrected chi connectivity index (χ2v) is 6.84. The summed E-state index contributed by atoms with van der Waals surface area (Å²) in [5, 5.41) is 0. The number of fused-ring (bicyclic) bond motifs is 5. The van der Waals surface area contributed by atoms with E-state index in [1.165, 1.54) is 5.56 Å². The molecule has 0 aromatic heterocycles. The molecule has 2 bridgehead atoms. The molecule has 3 fully saturated rings. The number of carbonyl (C=O) groups is 1. The minimum Gasteiger partial charge on any atom is -0.454 e. The van der Waals surface area contributed by atoms with Crippen molar-refractivity contribution in [2.24, 2.45) is 5.92 Å². The molecule has 3 saturated heterocycles. The molecule has 0 aliphatic carbocycles. The monoisotopic (exact) mass is 316 g/mol. The van der Waals surface area contributed by atoms with Crippen LogP contribution in [0.4, 0.5) is 0 Å². The van der Waals surface area contributed by atoms with E-state index in [4.69, 9.17) is 9.47 Å². The van der Waals surface area contributed by atoms with Crippen molar-refractivity contribution in [3.05, 3.63) is 23.8 Å². The van der Waals surface area contributed by atoms with E-state index in [-0.39, 0.29) is 5.92 Å². The maximum absolute atomic E-state index is 12.6. The van der Waals surface area contributed by atoms with Crippen molar-refractivity contribution in [2.75, 3.05) is 26.4 Å². The van der Waals surface area contributed by atoms with Crippen LogP contribution in [0.1, 0.15) is 31.7 Å².